The smallest absolute Gasteiger partial charge is 0.340 e. The van der Waals surface area contributed by atoms with Crippen molar-refractivity contribution in [3.8, 4) is 22.7 Å². The maximum absolute atomic E-state index is 12.4. The van der Waals surface area contributed by atoms with Crippen molar-refractivity contribution in [3.05, 3.63) is 77.9 Å². The van der Waals surface area contributed by atoms with E-state index in [9.17, 15) is 4.79 Å². The highest BCUT2D eigenvalue weighted by atomic mass is 32.1. The van der Waals surface area contributed by atoms with Crippen LogP contribution in [0.1, 0.15) is 10.4 Å². The molecule has 1 aliphatic heterocycles. The summed E-state index contributed by atoms with van der Waals surface area (Å²) < 4.78 is 13.1. The van der Waals surface area contributed by atoms with E-state index in [0.29, 0.717) is 10.7 Å². The highest BCUT2D eigenvalue weighted by Crippen LogP contribution is 2.33. The molecule has 0 radical (unpaired) electrons. The number of rotatable bonds is 6. The number of nitrogens with zero attached hydrogens (tertiary/aromatic N) is 3. The third-order valence-corrected chi connectivity index (χ3v) is 6.12. The molecule has 0 amide bonds. The highest BCUT2D eigenvalue weighted by molar-refractivity contribution is 7.13. The first-order valence-corrected chi connectivity index (χ1v) is 11.1. The van der Waals surface area contributed by atoms with E-state index in [1.54, 1.807) is 6.07 Å². The molecule has 2 aromatic carbocycles. The largest absolute Gasteiger partial charge is 0.487 e. The Morgan fingerprint density at radius 2 is 1.84 bits per heavy atom. The van der Waals surface area contributed by atoms with Crippen LogP contribution in [-0.4, -0.2) is 41.8 Å². The van der Waals surface area contributed by atoms with E-state index < -0.39 is 0 Å². The molecule has 4 aromatic rings. The van der Waals surface area contributed by atoms with E-state index in [2.05, 4.69) is 9.88 Å². The van der Waals surface area contributed by atoms with Crippen molar-refractivity contribution in [1.29, 1.82) is 0 Å². The summed E-state index contributed by atoms with van der Waals surface area (Å²) in [6.45, 7) is 1.45. The Bertz CT molecular complexity index is 1230. The second-order valence-electron chi connectivity index (χ2n) is 7.50. The molecule has 0 aliphatic carbocycles. The van der Waals surface area contributed by atoms with Crippen molar-refractivity contribution in [1.82, 2.24) is 9.55 Å². The minimum atomic E-state index is -0.356. The van der Waals surface area contributed by atoms with Crippen LogP contribution in [0.15, 0.2) is 72.4 Å². The molecule has 0 unspecified atom stereocenters. The van der Waals surface area contributed by atoms with Gasteiger partial charge in [0.15, 0.2) is 5.13 Å². The standard InChI is InChI=1S/C24H22N4O3S/c1-30-23(29)19-5-4-6-21(22(19)27-11-2-3-12-27)28-13-18(14-28)31-17-9-7-16(8-10-17)20-15-32-24(25)26-20/h2-12,15,18H,13-14H2,1H3,(H2,25,26). The lowest BCUT2D eigenvalue weighted by Gasteiger charge is -2.41. The maximum atomic E-state index is 12.4. The van der Waals surface area contributed by atoms with Crippen LogP contribution in [0.25, 0.3) is 16.9 Å². The Morgan fingerprint density at radius 3 is 2.50 bits per heavy atom. The lowest BCUT2D eigenvalue weighted by molar-refractivity contribution is 0.0601. The number of benzene rings is 2. The number of ether oxygens (including phenoxy) is 2. The van der Waals surface area contributed by atoms with Gasteiger partial charge in [-0.25, -0.2) is 9.78 Å². The molecule has 162 valence electrons. The molecule has 0 spiro atoms. The van der Waals surface area contributed by atoms with Crippen LogP contribution in [0.4, 0.5) is 10.8 Å². The quantitative estimate of drug-likeness (QED) is 0.446. The Labute approximate surface area is 189 Å². The molecule has 5 rings (SSSR count). The lowest BCUT2D eigenvalue weighted by Crippen LogP contribution is -2.54. The molecule has 0 atom stereocenters. The third-order valence-electron chi connectivity index (χ3n) is 5.45. The number of nitrogens with two attached hydrogens (primary N) is 1. The Hall–Kier alpha value is -3.78. The number of hydrogen-bond donors (Lipinski definition) is 1. The zero-order valence-corrected chi connectivity index (χ0v) is 18.3. The zero-order valence-electron chi connectivity index (χ0n) is 17.5. The first-order chi connectivity index (χ1) is 15.6. The van der Waals surface area contributed by atoms with Crippen LogP contribution in [0, 0.1) is 0 Å². The number of carbonyl (C=O) groups is 1. The molecule has 1 saturated heterocycles. The number of hydrogen-bond acceptors (Lipinski definition) is 7. The average molecular weight is 447 g/mol. The topological polar surface area (TPSA) is 82.6 Å². The van der Waals surface area contributed by atoms with Crippen molar-refractivity contribution >= 4 is 28.1 Å². The van der Waals surface area contributed by atoms with Crippen LogP contribution < -0.4 is 15.4 Å². The van der Waals surface area contributed by atoms with E-state index >= 15 is 0 Å². The summed E-state index contributed by atoms with van der Waals surface area (Å²) in [5, 5.41) is 2.50. The number of esters is 1. The van der Waals surface area contributed by atoms with Gasteiger partial charge in [-0.2, -0.15) is 0 Å². The van der Waals surface area contributed by atoms with Gasteiger partial charge in [0.25, 0.3) is 0 Å². The first kappa shape index (κ1) is 20.1. The molecular formula is C24H22N4O3S. The first-order valence-electron chi connectivity index (χ1n) is 10.2. The molecular weight excluding hydrogens is 424 g/mol. The number of thiazole rings is 1. The summed E-state index contributed by atoms with van der Waals surface area (Å²) in [6, 6.07) is 17.4. The van der Waals surface area contributed by atoms with E-state index in [1.165, 1.54) is 18.4 Å². The number of methoxy groups -OCH3 is 1. The number of carbonyl (C=O) groups excluding carboxylic acids is 1. The summed E-state index contributed by atoms with van der Waals surface area (Å²) in [5.41, 5.74) is 9.93. The van der Waals surface area contributed by atoms with Gasteiger partial charge in [-0.15, -0.1) is 11.3 Å². The van der Waals surface area contributed by atoms with Gasteiger partial charge in [-0.3, -0.25) is 0 Å². The van der Waals surface area contributed by atoms with E-state index in [4.69, 9.17) is 15.2 Å². The minimum absolute atomic E-state index is 0.0649. The molecule has 32 heavy (non-hydrogen) atoms. The summed E-state index contributed by atoms with van der Waals surface area (Å²) in [4.78, 5) is 18.9. The maximum Gasteiger partial charge on any atom is 0.340 e. The second-order valence-corrected chi connectivity index (χ2v) is 8.39. The predicted octanol–water partition coefficient (Wildman–Crippen LogP) is 4.24. The summed E-state index contributed by atoms with van der Waals surface area (Å²) in [6.07, 6.45) is 3.92. The number of para-hydroxylation sites is 1. The predicted molar refractivity (Wildman–Crippen MR) is 126 cm³/mol. The lowest BCUT2D eigenvalue weighted by atomic mass is 10.1. The van der Waals surface area contributed by atoms with Crippen molar-refractivity contribution in [2.45, 2.75) is 6.10 Å². The molecule has 2 N–H and O–H groups in total. The van der Waals surface area contributed by atoms with Crippen molar-refractivity contribution in [3.63, 3.8) is 0 Å². The Kier molecular flexibility index (Phi) is 5.28. The molecule has 1 fully saturated rings. The van der Waals surface area contributed by atoms with Gasteiger partial charge in [0.1, 0.15) is 11.9 Å². The molecule has 0 bridgehead atoms. The van der Waals surface area contributed by atoms with Gasteiger partial charge in [0, 0.05) is 23.3 Å². The zero-order chi connectivity index (χ0) is 22.1. The van der Waals surface area contributed by atoms with Crippen LogP contribution in [0.2, 0.25) is 0 Å². The normalized spacial score (nSPS) is 13.6. The summed E-state index contributed by atoms with van der Waals surface area (Å²) >= 11 is 1.43. The van der Waals surface area contributed by atoms with Gasteiger partial charge in [-0.05, 0) is 48.5 Å². The summed E-state index contributed by atoms with van der Waals surface area (Å²) in [7, 11) is 1.40. The van der Waals surface area contributed by atoms with E-state index in [1.807, 2.05) is 70.9 Å². The fourth-order valence-corrected chi connectivity index (χ4v) is 4.41. The molecule has 0 saturated carbocycles. The fraction of sp³-hybridized carbons (Fsp3) is 0.167. The molecule has 2 aromatic heterocycles. The van der Waals surface area contributed by atoms with E-state index in [-0.39, 0.29) is 12.1 Å². The average Bonchev–Trinajstić information content (AvgIpc) is 3.47. The molecule has 8 heteroatoms. The van der Waals surface area contributed by atoms with Gasteiger partial charge in [0.2, 0.25) is 0 Å². The van der Waals surface area contributed by atoms with Crippen LogP contribution in [0.3, 0.4) is 0 Å². The number of nitrogen functional groups attached to an aromatic ring is 1. The van der Waals surface area contributed by atoms with Crippen molar-refractivity contribution < 1.29 is 14.3 Å². The van der Waals surface area contributed by atoms with Gasteiger partial charge >= 0.3 is 5.97 Å². The van der Waals surface area contributed by atoms with Gasteiger partial charge in [-0.1, -0.05) is 6.07 Å². The van der Waals surface area contributed by atoms with Crippen LogP contribution in [0.5, 0.6) is 5.75 Å². The SMILES string of the molecule is COC(=O)c1cccc(N2CC(Oc3ccc(-c4csc(N)n4)cc3)C2)c1-n1cccc1. The van der Waals surface area contributed by atoms with Gasteiger partial charge < -0.3 is 24.7 Å². The summed E-state index contributed by atoms with van der Waals surface area (Å²) in [5.74, 6) is 0.460. The molecule has 3 heterocycles. The Balaban J connectivity index is 1.30. The van der Waals surface area contributed by atoms with E-state index in [0.717, 1.165) is 41.5 Å². The third kappa shape index (κ3) is 3.80. The fourth-order valence-electron chi connectivity index (χ4n) is 3.84. The van der Waals surface area contributed by atoms with Gasteiger partial charge in [0.05, 0.1) is 42.8 Å². The van der Waals surface area contributed by atoms with Crippen LogP contribution >= 0.6 is 11.3 Å². The number of aromatic nitrogens is 2. The minimum Gasteiger partial charge on any atom is -0.487 e. The molecule has 7 nitrogen and oxygen atoms in total. The van der Waals surface area contributed by atoms with Crippen molar-refractivity contribution in [2.24, 2.45) is 0 Å². The Morgan fingerprint density at radius 1 is 1.09 bits per heavy atom. The molecule has 1 aliphatic rings. The van der Waals surface area contributed by atoms with Crippen LogP contribution in [-0.2, 0) is 4.74 Å². The monoisotopic (exact) mass is 446 g/mol. The van der Waals surface area contributed by atoms with Crippen molar-refractivity contribution in [2.75, 3.05) is 30.8 Å². The highest BCUT2D eigenvalue weighted by Gasteiger charge is 2.32. The second kappa shape index (κ2) is 8.39. The number of anilines is 2.